The second-order valence-corrected chi connectivity index (χ2v) is 6.56. The summed E-state index contributed by atoms with van der Waals surface area (Å²) >= 11 is 0. The number of benzene rings is 1. The summed E-state index contributed by atoms with van der Waals surface area (Å²) in [7, 11) is 1.77. The molecule has 2 aliphatic rings. The van der Waals surface area contributed by atoms with Crippen molar-refractivity contribution in [1.29, 1.82) is 0 Å². The molecule has 0 aromatic heterocycles. The molecule has 2 atom stereocenters. The summed E-state index contributed by atoms with van der Waals surface area (Å²) in [5.74, 6) is -0.630. The fourth-order valence-electron chi connectivity index (χ4n) is 3.95. The molecule has 1 saturated carbocycles. The van der Waals surface area contributed by atoms with E-state index in [4.69, 9.17) is 0 Å². The van der Waals surface area contributed by atoms with Crippen LogP contribution in [0.5, 0.6) is 0 Å². The van der Waals surface area contributed by atoms with E-state index in [1.165, 1.54) is 0 Å². The Kier molecular flexibility index (Phi) is 3.81. The lowest BCUT2D eigenvalue weighted by atomic mass is 9.81. The molecule has 5 nitrogen and oxygen atoms in total. The van der Waals surface area contributed by atoms with Gasteiger partial charge >= 0.3 is 12.0 Å². The monoisotopic (exact) mass is 302 g/mol. The van der Waals surface area contributed by atoms with Gasteiger partial charge in [-0.05, 0) is 24.3 Å². The summed E-state index contributed by atoms with van der Waals surface area (Å²) in [6, 6.07) is 9.76. The molecule has 22 heavy (non-hydrogen) atoms. The van der Waals surface area contributed by atoms with Crippen molar-refractivity contribution < 1.29 is 14.7 Å². The lowest BCUT2D eigenvalue weighted by molar-refractivity contribution is -0.149. The zero-order chi connectivity index (χ0) is 15.7. The van der Waals surface area contributed by atoms with E-state index in [0.29, 0.717) is 26.1 Å². The van der Waals surface area contributed by atoms with Crippen LogP contribution in [0.1, 0.15) is 24.8 Å². The van der Waals surface area contributed by atoms with Crippen LogP contribution in [-0.4, -0.2) is 47.0 Å². The van der Waals surface area contributed by atoms with Crippen LogP contribution in [0.3, 0.4) is 0 Å². The zero-order valence-corrected chi connectivity index (χ0v) is 12.9. The van der Waals surface area contributed by atoms with Crippen LogP contribution in [-0.2, 0) is 11.3 Å². The molecule has 118 valence electrons. The van der Waals surface area contributed by atoms with E-state index in [2.05, 4.69) is 0 Å². The van der Waals surface area contributed by atoms with Crippen molar-refractivity contribution in [1.82, 2.24) is 9.80 Å². The van der Waals surface area contributed by atoms with Gasteiger partial charge in [-0.3, -0.25) is 4.79 Å². The lowest BCUT2D eigenvalue weighted by Crippen LogP contribution is -2.42. The minimum Gasteiger partial charge on any atom is -0.481 e. The van der Waals surface area contributed by atoms with E-state index < -0.39 is 11.4 Å². The average molecular weight is 302 g/mol. The molecular weight excluding hydrogens is 280 g/mol. The molecule has 0 bridgehead atoms. The van der Waals surface area contributed by atoms with E-state index in [-0.39, 0.29) is 11.9 Å². The van der Waals surface area contributed by atoms with Gasteiger partial charge < -0.3 is 14.9 Å². The van der Waals surface area contributed by atoms with Crippen molar-refractivity contribution in [3.63, 3.8) is 0 Å². The second-order valence-electron chi connectivity index (χ2n) is 6.56. The van der Waals surface area contributed by atoms with Crippen molar-refractivity contribution >= 4 is 12.0 Å². The number of hydrogen-bond donors (Lipinski definition) is 1. The number of likely N-dealkylation sites (tertiary alicyclic amines) is 1. The number of nitrogens with zero attached hydrogens (tertiary/aromatic N) is 2. The summed E-state index contributed by atoms with van der Waals surface area (Å²) in [5, 5.41) is 9.60. The molecule has 0 unspecified atom stereocenters. The number of hydrogen-bond acceptors (Lipinski definition) is 2. The predicted molar refractivity (Wildman–Crippen MR) is 82.3 cm³/mol. The molecule has 3 rings (SSSR count). The number of fused-ring (bicyclic) bond motifs is 1. The molecule has 2 fully saturated rings. The number of aliphatic carboxylic acids is 1. The van der Waals surface area contributed by atoms with Crippen LogP contribution in [0.15, 0.2) is 30.3 Å². The number of rotatable bonds is 3. The van der Waals surface area contributed by atoms with Crippen LogP contribution in [0, 0.1) is 11.3 Å². The zero-order valence-electron chi connectivity index (χ0n) is 12.9. The summed E-state index contributed by atoms with van der Waals surface area (Å²) in [6.45, 7) is 1.47. The molecule has 5 heteroatoms. The lowest BCUT2D eigenvalue weighted by Gasteiger charge is -2.27. The smallest absolute Gasteiger partial charge is 0.320 e. The van der Waals surface area contributed by atoms with E-state index in [9.17, 15) is 14.7 Å². The second kappa shape index (κ2) is 5.63. The van der Waals surface area contributed by atoms with Gasteiger partial charge in [0.25, 0.3) is 0 Å². The number of carbonyl (C=O) groups excluding carboxylic acids is 1. The van der Waals surface area contributed by atoms with E-state index in [1.807, 2.05) is 30.3 Å². The quantitative estimate of drug-likeness (QED) is 0.933. The maximum atomic E-state index is 12.6. The first kappa shape index (κ1) is 14.9. The fourth-order valence-corrected chi connectivity index (χ4v) is 3.95. The number of urea groups is 1. The highest BCUT2D eigenvalue weighted by Gasteiger charge is 2.56. The van der Waals surface area contributed by atoms with Gasteiger partial charge in [0.05, 0.1) is 5.41 Å². The van der Waals surface area contributed by atoms with Gasteiger partial charge in [0.1, 0.15) is 0 Å². The standard InChI is InChI=1S/C17H22N2O3/c1-18(10-13-6-3-2-4-7-13)16(22)19-11-14-8-5-9-17(14,12-19)15(20)21/h2-4,6-7,14H,5,8-12H2,1H3,(H,20,21)/t14-,17+/m0/s1. The first-order valence-corrected chi connectivity index (χ1v) is 7.80. The fraction of sp³-hybridized carbons (Fsp3) is 0.529. The van der Waals surface area contributed by atoms with Crippen molar-refractivity contribution in [2.45, 2.75) is 25.8 Å². The van der Waals surface area contributed by atoms with Gasteiger partial charge in [0.15, 0.2) is 0 Å². The Bertz CT molecular complexity index is 575. The SMILES string of the molecule is CN(Cc1ccccc1)C(=O)N1C[C@@H]2CCC[C@@]2(C(=O)O)C1. The van der Waals surface area contributed by atoms with Gasteiger partial charge in [-0.15, -0.1) is 0 Å². The Balaban J connectivity index is 1.68. The first-order valence-electron chi connectivity index (χ1n) is 7.80. The first-order chi connectivity index (χ1) is 10.5. The van der Waals surface area contributed by atoms with Crippen LogP contribution in [0.4, 0.5) is 4.79 Å². The third-order valence-electron chi connectivity index (χ3n) is 5.16. The van der Waals surface area contributed by atoms with Crippen molar-refractivity contribution in [2.75, 3.05) is 20.1 Å². The summed E-state index contributed by atoms with van der Waals surface area (Å²) in [5.41, 5.74) is 0.370. The molecule has 1 aliphatic carbocycles. The minimum atomic E-state index is -0.740. The summed E-state index contributed by atoms with van der Waals surface area (Å²) < 4.78 is 0. The Labute approximate surface area is 130 Å². The van der Waals surface area contributed by atoms with Crippen LogP contribution in [0.2, 0.25) is 0 Å². The number of carboxylic acid groups (broad SMARTS) is 1. The van der Waals surface area contributed by atoms with Crippen LogP contribution in [0.25, 0.3) is 0 Å². The minimum absolute atomic E-state index is 0.0705. The molecule has 1 aliphatic heterocycles. The van der Waals surface area contributed by atoms with Gasteiger partial charge in [-0.2, -0.15) is 0 Å². The Morgan fingerprint density at radius 3 is 2.73 bits per heavy atom. The topological polar surface area (TPSA) is 60.9 Å². The van der Waals surface area contributed by atoms with Crippen molar-refractivity contribution in [3.05, 3.63) is 35.9 Å². The molecule has 0 radical (unpaired) electrons. The molecule has 1 heterocycles. The summed E-state index contributed by atoms with van der Waals surface area (Å²) in [6.07, 6.45) is 2.57. The molecule has 0 spiro atoms. The third-order valence-corrected chi connectivity index (χ3v) is 5.16. The number of amides is 2. The number of carbonyl (C=O) groups is 2. The van der Waals surface area contributed by atoms with Crippen LogP contribution >= 0.6 is 0 Å². The molecule has 1 N–H and O–H groups in total. The molecule has 1 saturated heterocycles. The maximum Gasteiger partial charge on any atom is 0.320 e. The normalized spacial score (nSPS) is 26.8. The van der Waals surface area contributed by atoms with Gasteiger partial charge in [-0.25, -0.2) is 4.79 Å². The van der Waals surface area contributed by atoms with E-state index in [0.717, 1.165) is 18.4 Å². The Hall–Kier alpha value is -2.04. The van der Waals surface area contributed by atoms with Crippen molar-refractivity contribution in [3.8, 4) is 0 Å². The molecule has 1 aromatic rings. The van der Waals surface area contributed by atoms with E-state index in [1.54, 1.807) is 16.8 Å². The molecular formula is C17H22N2O3. The predicted octanol–water partition coefficient (Wildman–Crippen LogP) is 2.43. The summed E-state index contributed by atoms with van der Waals surface area (Å²) in [4.78, 5) is 27.7. The highest BCUT2D eigenvalue weighted by molar-refractivity contribution is 5.80. The number of carboxylic acids is 1. The largest absolute Gasteiger partial charge is 0.481 e. The van der Waals surface area contributed by atoms with Gasteiger partial charge in [-0.1, -0.05) is 36.8 Å². The Morgan fingerprint density at radius 2 is 2.09 bits per heavy atom. The maximum absolute atomic E-state index is 12.6. The van der Waals surface area contributed by atoms with Crippen LogP contribution < -0.4 is 0 Å². The van der Waals surface area contributed by atoms with Gasteiger partial charge in [0, 0.05) is 26.7 Å². The average Bonchev–Trinajstić information content (AvgIpc) is 3.05. The third kappa shape index (κ3) is 2.45. The highest BCUT2D eigenvalue weighted by Crippen LogP contribution is 2.49. The van der Waals surface area contributed by atoms with Gasteiger partial charge in [0.2, 0.25) is 0 Å². The molecule has 2 amide bonds. The highest BCUT2D eigenvalue weighted by atomic mass is 16.4. The van der Waals surface area contributed by atoms with Crippen molar-refractivity contribution in [2.24, 2.45) is 11.3 Å². The molecule has 1 aromatic carbocycles. The Morgan fingerprint density at radius 1 is 1.36 bits per heavy atom. The van der Waals surface area contributed by atoms with E-state index >= 15 is 0 Å².